The van der Waals surface area contributed by atoms with Crippen molar-refractivity contribution in [3.05, 3.63) is 28.5 Å². The van der Waals surface area contributed by atoms with E-state index in [0.29, 0.717) is 16.9 Å². The summed E-state index contributed by atoms with van der Waals surface area (Å²) in [4.78, 5) is 23.2. The Morgan fingerprint density at radius 2 is 2.00 bits per heavy atom. The zero-order valence-corrected chi connectivity index (χ0v) is 14.3. The molecule has 0 radical (unpaired) electrons. The van der Waals surface area contributed by atoms with E-state index < -0.39 is 24.5 Å². The lowest BCUT2D eigenvalue weighted by molar-refractivity contribution is -0.156. The molecule has 0 saturated carbocycles. The number of carbonyl (C=O) groups excluding carboxylic acids is 2. The lowest BCUT2D eigenvalue weighted by Crippen LogP contribution is -2.38. The SMILES string of the molecule is CC(C)CNC(=O)C(C)OC(=O)COc1ccc(Br)cc1F. The van der Waals surface area contributed by atoms with Gasteiger partial charge in [-0.15, -0.1) is 0 Å². The normalized spacial score (nSPS) is 11.9. The van der Waals surface area contributed by atoms with Crippen LogP contribution in [0.15, 0.2) is 22.7 Å². The molecule has 122 valence electrons. The molecule has 5 nitrogen and oxygen atoms in total. The molecule has 22 heavy (non-hydrogen) atoms. The molecule has 1 N–H and O–H groups in total. The molecule has 1 aromatic carbocycles. The number of benzene rings is 1. The maximum Gasteiger partial charge on any atom is 0.344 e. The van der Waals surface area contributed by atoms with Crippen LogP contribution in [0, 0.1) is 11.7 Å². The van der Waals surface area contributed by atoms with Crippen LogP contribution in [0.3, 0.4) is 0 Å². The summed E-state index contributed by atoms with van der Waals surface area (Å²) >= 11 is 3.12. The largest absolute Gasteiger partial charge is 0.479 e. The van der Waals surface area contributed by atoms with Gasteiger partial charge in [-0.2, -0.15) is 0 Å². The molecule has 1 amide bonds. The van der Waals surface area contributed by atoms with Crippen LogP contribution in [0.1, 0.15) is 20.8 Å². The zero-order valence-electron chi connectivity index (χ0n) is 12.7. The highest BCUT2D eigenvalue weighted by Crippen LogP contribution is 2.21. The van der Waals surface area contributed by atoms with Gasteiger partial charge in [0.1, 0.15) is 0 Å². The molecular weight excluding hydrogens is 357 g/mol. The molecule has 0 aromatic heterocycles. The fraction of sp³-hybridized carbons (Fsp3) is 0.467. The molecule has 0 aliphatic carbocycles. The number of carbonyl (C=O) groups is 2. The van der Waals surface area contributed by atoms with Gasteiger partial charge < -0.3 is 14.8 Å². The fourth-order valence-corrected chi connectivity index (χ4v) is 1.80. The smallest absolute Gasteiger partial charge is 0.344 e. The van der Waals surface area contributed by atoms with Gasteiger partial charge in [-0.25, -0.2) is 9.18 Å². The maximum atomic E-state index is 13.5. The van der Waals surface area contributed by atoms with Crippen LogP contribution >= 0.6 is 15.9 Å². The quantitative estimate of drug-likeness (QED) is 0.744. The minimum atomic E-state index is -0.926. The molecular formula is C15H19BrFNO4. The number of esters is 1. The summed E-state index contributed by atoms with van der Waals surface area (Å²) in [6.07, 6.45) is -0.926. The monoisotopic (exact) mass is 375 g/mol. The van der Waals surface area contributed by atoms with Gasteiger partial charge >= 0.3 is 5.97 Å². The van der Waals surface area contributed by atoms with Gasteiger partial charge in [-0.1, -0.05) is 29.8 Å². The molecule has 1 aromatic rings. The summed E-state index contributed by atoms with van der Waals surface area (Å²) in [5.41, 5.74) is 0. The second kappa shape index (κ2) is 8.73. The first-order valence-corrected chi connectivity index (χ1v) is 7.64. The predicted molar refractivity (Wildman–Crippen MR) is 83.0 cm³/mol. The third-order valence-electron chi connectivity index (χ3n) is 2.60. The van der Waals surface area contributed by atoms with Crippen molar-refractivity contribution in [1.82, 2.24) is 5.32 Å². The molecule has 0 aliphatic heterocycles. The highest BCUT2D eigenvalue weighted by atomic mass is 79.9. The number of nitrogens with one attached hydrogen (secondary N) is 1. The molecule has 0 bridgehead atoms. The first-order chi connectivity index (χ1) is 10.3. The fourth-order valence-electron chi connectivity index (χ4n) is 1.46. The second-order valence-corrected chi connectivity index (χ2v) is 6.05. The van der Waals surface area contributed by atoms with Crippen molar-refractivity contribution in [3.63, 3.8) is 0 Å². The third kappa shape index (κ3) is 6.43. The Bertz CT molecular complexity index is 536. The van der Waals surface area contributed by atoms with Crippen LogP contribution in [-0.4, -0.2) is 31.1 Å². The lowest BCUT2D eigenvalue weighted by atomic mass is 10.2. The summed E-state index contributed by atoms with van der Waals surface area (Å²) in [5.74, 6) is -1.47. The number of ether oxygens (including phenoxy) is 2. The minimum absolute atomic E-state index is 0.0583. The van der Waals surface area contributed by atoms with E-state index in [0.717, 1.165) is 0 Å². The Morgan fingerprint density at radius 3 is 2.59 bits per heavy atom. The highest BCUT2D eigenvalue weighted by molar-refractivity contribution is 9.10. The molecule has 1 atom stereocenters. The van der Waals surface area contributed by atoms with E-state index in [9.17, 15) is 14.0 Å². The van der Waals surface area contributed by atoms with Crippen molar-refractivity contribution >= 4 is 27.8 Å². The van der Waals surface area contributed by atoms with Gasteiger partial charge in [0, 0.05) is 11.0 Å². The molecule has 1 rings (SSSR count). The average molecular weight is 376 g/mol. The molecule has 0 fully saturated rings. The van der Waals surface area contributed by atoms with E-state index in [1.54, 1.807) is 6.07 Å². The molecule has 7 heteroatoms. The van der Waals surface area contributed by atoms with Gasteiger partial charge in [0.2, 0.25) is 0 Å². The van der Waals surface area contributed by atoms with Crippen LogP contribution in [0.25, 0.3) is 0 Å². The Balaban J connectivity index is 2.41. The Morgan fingerprint density at radius 1 is 1.32 bits per heavy atom. The van der Waals surface area contributed by atoms with Crippen molar-refractivity contribution in [2.75, 3.05) is 13.2 Å². The van der Waals surface area contributed by atoms with Crippen LogP contribution in [0.5, 0.6) is 5.75 Å². The molecule has 1 unspecified atom stereocenters. The van der Waals surface area contributed by atoms with E-state index in [1.807, 2.05) is 13.8 Å². The highest BCUT2D eigenvalue weighted by Gasteiger charge is 2.18. The summed E-state index contributed by atoms with van der Waals surface area (Å²) in [6.45, 7) is 5.41. The first-order valence-electron chi connectivity index (χ1n) is 6.84. The molecule has 0 aliphatic rings. The van der Waals surface area contributed by atoms with Crippen LogP contribution in [-0.2, 0) is 14.3 Å². The Kier molecular flexibility index (Phi) is 7.31. The lowest BCUT2D eigenvalue weighted by Gasteiger charge is -2.15. The summed E-state index contributed by atoms with van der Waals surface area (Å²) < 4.78 is 24.0. The van der Waals surface area contributed by atoms with E-state index in [-0.39, 0.29) is 11.7 Å². The zero-order chi connectivity index (χ0) is 16.7. The number of amides is 1. The predicted octanol–water partition coefficient (Wildman–Crippen LogP) is 2.67. The standard InChI is InChI=1S/C15H19BrFNO4/c1-9(2)7-18-15(20)10(3)22-14(19)8-21-13-5-4-11(16)6-12(13)17/h4-6,9-10H,7-8H2,1-3H3,(H,18,20). The number of halogens is 2. The third-order valence-corrected chi connectivity index (χ3v) is 3.09. The van der Waals surface area contributed by atoms with Gasteiger partial charge in [0.25, 0.3) is 5.91 Å². The van der Waals surface area contributed by atoms with Gasteiger partial charge in [-0.3, -0.25) is 4.79 Å². The topological polar surface area (TPSA) is 64.6 Å². The Hall–Kier alpha value is -1.63. The summed E-state index contributed by atoms with van der Waals surface area (Å²) in [7, 11) is 0. The van der Waals surface area contributed by atoms with E-state index >= 15 is 0 Å². The van der Waals surface area contributed by atoms with Gasteiger partial charge in [-0.05, 0) is 31.0 Å². The molecule has 0 saturated heterocycles. The minimum Gasteiger partial charge on any atom is -0.479 e. The van der Waals surface area contributed by atoms with Gasteiger partial charge in [0.05, 0.1) is 0 Å². The maximum absolute atomic E-state index is 13.5. The van der Waals surface area contributed by atoms with Crippen molar-refractivity contribution in [2.24, 2.45) is 5.92 Å². The van der Waals surface area contributed by atoms with Crippen LogP contribution < -0.4 is 10.1 Å². The van der Waals surface area contributed by atoms with E-state index in [1.165, 1.54) is 19.1 Å². The van der Waals surface area contributed by atoms with Gasteiger partial charge in [0.15, 0.2) is 24.3 Å². The van der Waals surface area contributed by atoms with Crippen molar-refractivity contribution in [1.29, 1.82) is 0 Å². The second-order valence-electron chi connectivity index (χ2n) is 5.13. The summed E-state index contributed by atoms with van der Waals surface area (Å²) in [6, 6.07) is 4.21. The van der Waals surface area contributed by atoms with Crippen molar-refractivity contribution < 1.29 is 23.5 Å². The molecule has 0 heterocycles. The average Bonchev–Trinajstić information content (AvgIpc) is 2.43. The van der Waals surface area contributed by atoms with Crippen LogP contribution in [0.2, 0.25) is 0 Å². The number of rotatable bonds is 7. The molecule has 0 spiro atoms. The van der Waals surface area contributed by atoms with E-state index in [2.05, 4.69) is 21.2 Å². The number of hydrogen-bond acceptors (Lipinski definition) is 4. The number of hydrogen-bond donors (Lipinski definition) is 1. The summed E-state index contributed by atoms with van der Waals surface area (Å²) in [5, 5.41) is 2.65. The van der Waals surface area contributed by atoms with E-state index in [4.69, 9.17) is 9.47 Å². The first kappa shape index (κ1) is 18.4. The van der Waals surface area contributed by atoms with Crippen molar-refractivity contribution in [3.8, 4) is 5.75 Å². The van der Waals surface area contributed by atoms with Crippen molar-refractivity contribution in [2.45, 2.75) is 26.9 Å². The Labute approximate surface area is 137 Å². The van der Waals surface area contributed by atoms with Crippen LogP contribution in [0.4, 0.5) is 4.39 Å².